The fourth-order valence-electron chi connectivity index (χ4n) is 8.90. The van der Waals surface area contributed by atoms with Crippen LogP contribution in [0.1, 0.15) is 46.5 Å². The van der Waals surface area contributed by atoms with Gasteiger partial charge in [0.1, 0.15) is 5.75 Å². The zero-order valence-electron chi connectivity index (χ0n) is 26.7. The Bertz CT molecular complexity index is 1580. The lowest BCUT2D eigenvalue weighted by atomic mass is 9.58. The number of hydrogen-bond acceptors (Lipinski definition) is 9. The monoisotopic (exact) mass is 637 g/mol. The Balaban J connectivity index is 0.941. The molecule has 0 amide bonds. The van der Waals surface area contributed by atoms with E-state index in [-0.39, 0.29) is 18.1 Å². The average molecular weight is 638 g/mol. The van der Waals surface area contributed by atoms with Gasteiger partial charge in [-0.2, -0.15) is 0 Å². The number of piperazine rings is 1. The van der Waals surface area contributed by atoms with Crippen LogP contribution in [0.25, 0.3) is 21.8 Å². The summed E-state index contributed by atoms with van der Waals surface area (Å²) in [4.78, 5) is 22.1. The molecule has 10 heteroatoms. The Morgan fingerprint density at radius 3 is 2.62 bits per heavy atom. The Morgan fingerprint density at radius 1 is 0.956 bits per heavy atom. The van der Waals surface area contributed by atoms with E-state index in [4.69, 9.17) is 45.3 Å². The molecule has 3 aromatic rings. The number of aromatic nitrogens is 1. The van der Waals surface area contributed by atoms with Gasteiger partial charge in [-0.3, -0.25) is 4.90 Å². The number of benzene rings is 2. The molecule has 2 bridgehead atoms. The molecule has 45 heavy (non-hydrogen) atoms. The van der Waals surface area contributed by atoms with Gasteiger partial charge in [0.25, 0.3) is 0 Å². The third-order valence-electron chi connectivity index (χ3n) is 11.4. The first kappa shape index (κ1) is 30.1. The summed E-state index contributed by atoms with van der Waals surface area (Å²) in [6, 6.07) is 12.1. The molecule has 2 aromatic carbocycles. The number of ether oxygens (including phenoxy) is 4. The molecule has 242 valence electrons. The van der Waals surface area contributed by atoms with Crippen molar-refractivity contribution in [2.45, 2.75) is 70.4 Å². The van der Waals surface area contributed by atoms with Crippen LogP contribution in [-0.2, 0) is 24.0 Å². The van der Waals surface area contributed by atoms with E-state index in [1.54, 1.807) is 7.11 Å². The summed E-state index contributed by atoms with van der Waals surface area (Å²) < 4.78 is 25.2. The summed E-state index contributed by atoms with van der Waals surface area (Å²) in [7, 11) is 1.70. The minimum absolute atomic E-state index is 0.182. The predicted octanol–water partition coefficient (Wildman–Crippen LogP) is 6.40. The minimum Gasteiger partial charge on any atom is -0.497 e. The van der Waals surface area contributed by atoms with Crippen LogP contribution in [0, 0.1) is 23.7 Å². The van der Waals surface area contributed by atoms with Crippen molar-refractivity contribution in [1.29, 1.82) is 0 Å². The van der Waals surface area contributed by atoms with Gasteiger partial charge in [-0.05, 0) is 74.4 Å². The van der Waals surface area contributed by atoms with E-state index in [1.165, 1.54) is 12.1 Å². The highest BCUT2D eigenvalue weighted by molar-refractivity contribution is 6.31. The fraction of sp³-hybridized carbons (Fsp3) is 0.629. The van der Waals surface area contributed by atoms with E-state index < -0.39 is 17.7 Å². The van der Waals surface area contributed by atoms with Gasteiger partial charge < -0.3 is 23.8 Å². The van der Waals surface area contributed by atoms with Crippen molar-refractivity contribution in [2.75, 3.05) is 51.3 Å². The standard InChI is InChI=1S/C35H44ClN3O6/c1-21-5-9-28-22(2)32(42-33-35(28)27(21)11-12-34(3,43-33)44-45-35)41-18-17-38-13-15-39(16-14-38)31-25-8-6-23(36)19-30(25)37-29-10-7-24(40-4)20-26(29)31/h6-8,10,19-22,27-28,32-33H,5,9,11-18H2,1-4H3/t21-,22-,27+,28+,32+,33-,34+,35-/m1/s1. The second kappa shape index (κ2) is 11.5. The summed E-state index contributed by atoms with van der Waals surface area (Å²) >= 11 is 6.36. The van der Waals surface area contributed by atoms with Gasteiger partial charge in [0.15, 0.2) is 18.2 Å². The number of methoxy groups -OCH3 is 1. The number of anilines is 1. The number of rotatable bonds is 6. The van der Waals surface area contributed by atoms with Crippen LogP contribution in [0.2, 0.25) is 5.02 Å². The van der Waals surface area contributed by atoms with Crippen molar-refractivity contribution >= 4 is 39.1 Å². The van der Waals surface area contributed by atoms with Gasteiger partial charge in [0, 0.05) is 66.8 Å². The highest BCUT2D eigenvalue weighted by atomic mass is 35.5. The molecule has 5 saturated heterocycles. The van der Waals surface area contributed by atoms with E-state index in [0.29, 0.717) is 23.5 Å². The first-order chi connectivity index (χ1) is 21.8. The highest BCUT2D eigenvalue weighted by Crippen LogP contribution is 2.60. The third-order valence-corrected chi connectivity index (χ3v) is 11.6. The Morgan fingerprint density at radius 2 is 1.80 bits per heavy atom. The second-order valence-electron chi connectivity index (χ2n) is 14.0. The normalized spacial score (nSPS) is 36.7. The number of pyridine rings is 1. The zero-order chi connectivity index (χ0) is 30.9. The Hall–Kier alpha value is -2.24. The molecule has 5 aliphatic heterocycles. The van der Waals surface area contributed by atoms with Gasteiger partial charge in [-0.25, -0.2) is 14.8 Å². The molecule has 9 rings (SSSR count). The van der Waals surface area contributed by atoms with E-state index in [2.05, 4.69) is 35.8 Å². The summed E-state index contributed by atoms with van der Waals surface area (Å²) in [6.07, 6.45) is 3.30. The maximum atomic E-state index is 6.63. The summed E-state index contributed by atoms with van der Waals surface area (Å²) in [6.45, 7) is 11.7. The predicted molar refractivity (Wildman–Crippen MR) is 172 cm³/mol. The lowest BCUT2D eigenvalue weighted by Gasteiger charge is -2.60. The summed E-state index contributed by atoms with van der Waals surface area (Å²) in [5.41, 5.74) is 2.48. The number of nitrogens with zero attached hydrogens (tertiary/aromatic N) is 3. The maximum absolute atomic E-state index is 6.63. The third kappa shape index (κ3) is 5.01. The fourth-order valence-corrected chi connectivity index (χ4v) is 9.06. The molecule has 1 spiro atoms. The van der Waals surface area contributed by atoms with Crippen LogP contribution in [0.5, 0.6) is 5.75 Å². The quantitative estimate of drug-likeness (QED) is 0.226. The average Bonchev–Trinajstić information content (AvgIpc) is 3.28. The van der Waals surface area contributed by atoms with Gasteiger partial charge >= 0.3 is 0 Å². The van der Waals surface area contributed by atoms with Crippen LogP contribution in [0.15, 0.2) is 36.4 Å². The molecule has 1 saturated carbocycles. The molecular formula is C35H44ClN3O6. The highest BCUT2D eigenvalue weighted by Gasteiger charge is 2.69. The summed E-state index contributed by atoms with van der Waals surface area (Å²) in [5.74, 6) is 1.41. The van der Waals surface area contributed by atoms with Crippen LogP contribution in [-0.4, -0.2) is 80.3 Å². The molecule has 9 nitrogen and oxygen atoms in total. The smallest absolute Gasteiger partial charge is 0.201 e. The van der Waals surface area contributed by atoms with Crippen LogP contribution in [0.3, 0.4) is 0 Å². The molecule has 1 aliphatic carbocycles. The van der Waals surface area contributed by atoms with Gasteiger partial charge in [0.05, 0.1) is 30.4 Å². The molecule has 0 N–H and O–H groups in total. The largest absolute Gasteiger partial charge is 0.497 e. The van der Waals surface area contributed by atoms with E-state index in [1.807, 2.05) is 31.2 Å². The van der Waals surface area contributed by atoms with Crippen molar-refractivity contribution in [3.63, 3.8) is 0 Å². The SMILES string of the molecule is COc1ccc2nc3cc(Cl)ccc3c(N3CCN(CCO[C@H]4O[C@@H]5O[C@]6(C)CC[C@H]7[C@H](C)CC[C@@H]([C@H]4C)[C@@]57OO6)CC3)c2c1. The number of hydrogen-bond donors (Lipinski definition) is 0. The first-order valence-corrected chi connectivity index (χ1v) is 17.0. The molecule has 0 unspecified atom stereocenters. The second-order valence-corrected chi connectivity index (χ2v) is 14.4. The zero-order valence-corrected chi connectivity index (χ0v) is 27.4. The Kier molecular flexibility index (Phi) is 7.68. The van der Waals surface area contributed by atoms with Crippen LogP contribution >= 0.6 is 11.6 Å². The van der Waals surface area contributed by atoms with E-state index in [9.17, 15) is 0 Å². The maximum Gasteiger partial charge on any atom is 0.201 e. The van der Waals surface area contributed by atoms with Crippen molar-refractivity contribution in [1.82, 2.24) is 9.88 Å². The van der Waals surface area contributed by atoms with Crippen LogP contribution < -0.4 is 9.64 Å². The lowest BCUT2D eigenvalue weighted by Crippen LogP contribution is -2.70. The van der Waals surface area contributed by atoms with Crippen molar-refractivity contribution in [3.05, 3.63) is 41.4 Å². The molecular weight excluding hydrogens is 594 g/mol. The number of halogens is 1. The lowest BCUT2D eigenvalue weighted by molar-refractivity contribution is -0.577. The molecule has 8 atom stereocenters. The molecule has 1 aromatic heterocycles. The summed E-state index contributed by atoms with van der Waals surface area (Å²) in [5, 5.41) is 2.89. The van der Waals surface area contributed by atoms with Crippen LogP contribution in [0.4, 0.5) is 5.69 Å². The van der Waals surface area contributed by atoms with E-state index >= 15 is 0 Å². The van der Waals surface area contributed by atoms with Gasteiger partial charge in [-0.15, -0.1) is 0 Å². The van der Waals surface area contributed by atoms with Crippen molar-refractivity contribution < 1.29 is 28.7 Å². The number of fused-ring (bicyclic) bond motifs is 4. The first-order valence-electron chi connectivity index (χ1n) is 16.6. The van der Waals surface area contributed by atoms with Gasteiger partial charge in [0.2, 0.25) is 5.79 Å². The van der Waals surface area contributed by atoms with Gasteiger partial charge in [-0.1, -0.05) is 25.4 Å². The molecule has 0 radical (unpaired) electrons. The van der Waals surface area contributed by atoms with Crippen molar-refractivity contribution in [3.8, 4) is 5.75 Å². The molecule has 6 fully saturated rings. The minimum atomic E-state index is -0.773. The van der Waals surface area contributed by atoms with Crippen molar-refractivity contribution in [2.24, 2.45) is 23.7 Å². The molecule has 6 heterocycles. The topological polar surface area (TPSA) is 74.8 Å². The van der Waals surface area contributed by atoms with E-state index in [0.717, 1.165) is 79.5 Å². The molecule has 6 aliphatic rings. The Labute approximate surface area is 269 Å².